The number of carbonyl (C=O) groups excluding carboxylic acids is 1. The zero-order valence-electron chi connectivity index (χ0n) is 11.4. The second kappa shape index (κ2) is 8.44. The maximum Gasteiger partial charge on any atom is 0.237 e. The van der Waals surface area contributed by atoms with Gasteiger partial charge in [-0.1, -0.05) is 0 Å². The molecular weight excluding hydrogens is 218 g/mol. The summed E-state index contributed by atoms with van der Waals surface area (Å²) in [5.41, 5.74) is 10.1. The number of hydrogen-bond acceptors (Lipinski definition) is 4. The molecule has 1 unspecified atom stereocenters. The summed E-state index contributed by atoms with van der Waals surface area (Å²) in [6, 6.07) is 0. The second-order valence-electron chi connectivity index (χ2n) is 4.89. The largest absolute Gasteiger partial charge is 0.385 e. The molecule has 4 N–H and O–H groups in total. The third-order valence-corrected chi connectivity index (χ3v) is 2.94. The molecule has 0 heterocycles. The van der Waals surface area contributed by atoms with E-state index in [4.69, 9.17) is 16.2 Å². The average molecular weight is 245 g/mol. The lowest BCUT2D eigenvalue weighted by atomic mass is 9.95. The van der Waals surface area contributed by atoms with Crippen molar-refractivity contribution in [2.45, 2.75) is 38.1 Å². The van der Waals surface area contributed by atoms with Crippen molar-refractivity contribution in [3.8, 4) is 0 Å². The van der Waals surface area contributed by atoms with Crippen molar-refractivity contribution in [2.24, 2.45) is 11.5 Å². The van der Waals surface area contributed by atoms with Crippen LogP contribution in [0.2, 0.25) is 0 Å². The van der Waals surface area contributed by atoms with Crippen LogP contribution in [0.3, 0.4) is 0 Å². The lowest BCUT2D eigenvalue weighted by Gasteiger charge is -2.21. The SMILES string of the molecule is COCCCN(C)CCCCC(C)(N)C(N)=O. The number of primary amides is 1. The quantitative estimate of drug-likeness (QED) is 0.543. The summed E-state index contributed by atoms with van der Waals surface area (Å²) in [5, 5.41) is 0. The van der Waals surface area contributed by atoms with Gasteiger partial charge in [0.2, 0.25) is 5.91 Å². The van der Waals surface area contributed by atoms with Crippen molar-refractivity contribution in [3.63, 3.8) is 0 Å². The van der Waals surface area contributed by atoms with Crippen LogP contribution in [0.4, 0.5) is 0 Å². The monoisotopic (exact) mass is 245 g/mol. The highest BCUT2D eigenvalue weighted by Gasteiger charge is 2.24. The molecule has 0 aromatic heterocycles. The first-order valence-electron chi connectivity index (χ1n) is 6.16. The van der Waals surface area contributed by atoms with Crippen LogP contribution in [-0.4, -0.2) is 50.2 Å². The highest BCUT2D eigenvalue weighted by molar-refractivity contribution is 5.83. The molecule has 0 aromatic rings. The summed E-state index contributed by atoms with van der Waals surface area (Å²) in [7, 11) is 3.80. The Kier molecular flexibility index (Phi) is 8.12. The Morgan fingerprint density at radius 3 is 2.41 bits per heavy atom. The summed E-state index contributed by atoms with van der Waals surface area (Å²) in [4.78, 5) is 13.3. The van der Waals surface area contributed by atoms with Crippen molar-refractivity contribution in [2.75, 3.05) is 33.9 Å². The first-order valence-corrected chi connectivity index (χ1v) is 6.16. The normalized spacial score (nSPS) is 14.9. The Morgan fingerprint density at radius 1 is 1.29 bits per heavy atom. The molecule has 0 rings (SSSR count). The minimum Gasteiger partial charge on any atom is -0.385 e. The van der Waals surface area contributed by atoms with Gasteiger partial charge in [-0.3, -0.25) is 4.79 Å². The summed E-state index contributed by atoms with van der Waals surface area (Å²) >= 11 is 0. The van der Waals surface area contributed by atoms with Crippen LogP contribution >= 0.6 is 0 Å². The smallest absolute Gasteiger partial charge is 0.237 e. The molecule has 0 saturated carbocycles. The number of carbonyl (C=O) groups is 1. The number of amides is 1. The van der Waals surface area contributed by atoms with Crippen molar-refractivity contribution in [1.29, 1.82) is 0 Å². The number of methoxy groups -OCH3 is 1. The van der Waals surface area contributed by atoms with Gasteiger partial charge in [-0.2, -0.15) is 0 Å². The van der Waals surface area contributed by atoms with Crippen LogP contribution in [0.25, 0.3) is 0 Å². The van der Waals surface area contributed by atoms with Gasteiger partial charge in [0.05, 0.1) is 5.54 Å². The maximum atomic E-state index is 11.0. The van der Waals surface area contributed by atoms with Crippen LogP contribution in [0, 0.1) is 0 Å². The molecule has 5 nitrogen and oxygen atoms in total. The predicted molar refractivity (Wildman–Crippen MR) is 69.6 cm³/mol. The Morgan fingerprint density at radius 2 is 1.88 bits per heavy atom. The summed E-state index contributed by atoms with van der Waals surface area (Å²) in [5.74, 6) is -0.425. The van der Waals surface area contributed by atoms with E-state index in [1.807, 2.05) is 0 Å². The molecule has 1 amide bonds. The Bertz CT molecular complexity index is 220. The van der Waals surface area contributed by atoms with Crippen molar-refractivity contribution in [3.05, 3.63) is 0 Å². The van der Waals surface area contributed by atoms with Crippen molar-refractivity contribution < 1.29 is 9.53 Å². The molecule has 0 fully saturated rings. The molecule has 0 aliphatic heterocycles. The van der Waals surface area contributed by atoms with E-state index in [1.54, 1.807) is 14.0 Å². The summed E-state index contributed by atoms with van der Waals surface area (Å²) in [6.07, 6.45) is 3.64. The van der Waals surface area contributed by atoms with Crippen LogP contribution in [0.5, 0.6) is 0 Å². The van der Waals surface area contributed by atoms with E-state index in [2.05, 4.69) is 11.9 Å². The fourth-order valence-electron chi connectivity index (χ4n) is 1.59. The first-order chi connectivity index (χ1) is 7.90. The van der Waals surface area contributed by atoms with Gasteiger partial charge >= 0.3 is 0 Å². The number of hydrogen-bond donors (Lipinski definition) is 2. The fourth-order valence-corrected chi connectivity index (χ4v) is 1.59. The van der Waals surface area contributed by atoms with Gasteiger partial charge in [0.15, 0.2) is 0 Å². The lowest BCUT2D eigenvalue weighted by molar-refractivity contribution is -0.122. The van der Waals surface area contributed by atoms with Gasteiger partial charge in [0.25, 0.3) is 0 Å². The third kappa shape index (κ3) is 8.12. The van der Waals surface area contributed by atoms with E-state index >= 15 is 0 Å². The summed E-state index contributed by atoms with van der Waals surface area (Å²) < 4.78 is 4.99. The minimum atomic E-state index is -0.866. The molecule has 17 heavy (non-hydrogen) atoms. The molecule has 0 saturated heterocycles. The number of nitrogens with two attached hydrogens (primary N) is 2. The molecular formula is C12H27N3O2. The fraction of sp³-hybridized carbons (Fsp3) is 0.917. The Hall–Kier alpha value is -0.650. The minimum absolute atomic E-state index is 0.425. The molecule has 0 spiro atoms. The Labute approximate surface area is 104 Å². The van der Waals surface area contributed by atoms with Crippen LogP contribution in [0.15, 0.2) is 0 Å². The molecule has 0 radical (unpaired) electrons. The van der Waals surface area contributed by atoms with E-state index in [1.165, 1.54) is 0 Å². The van der Waals surface area contributed by atoms with Gasteiger partial charge in [-0.05, 0) is 46.2 Å². The molecule has 0 aliphatic carbocycles. The molecule has 0 aliphatic rings. The van der Waals surface area contributed by atoms with E-state index in [0.29, 0.717) is 6.42 Å². The number of rotatable bonds is 10. The maximum absolute atomic E-state index is 11.0. The van der Waals surface area contributed by atoms with Crippen molar-refractivity contribution in [1.82, 2.24) is 4.90 Å². The first kappa shape index (κ1) is 16.4. The highest BCUT2D eigenvalue weighted by Crippen LogP contribution is 2.10. The van der Waals surface area contributed by atoms with Gasteiger partial charge in [-0.25, -0.2) is 0 Å². The molecule has 0 bridgehead atoms. The van der Waals surface area contributed by atoms with Gasteiger partial charge < -0.3 is 21.1 Å². The van der Waals surface area contributed by atoms with E-state index in [-0.39, 0.29) is 0 Å². The second-order valence-corrected chi connectivity index (χ2v) is 4.89. The standard InChI is InChI=1S/C12H27N3O2/c1-12(14,11(13)16)7-4-5-8-15(2)9-6-10-17-3/h4-10,14H2,1-3H3,(H2,13,16). The van der Waals surface area contributed by atoms with Crippen LogP contribution in [-0.2, 0) is 9.53 Å². The van der Waals surface area contributed by atoms with Gasteiger partial charge in [0.1, 0.15) is 0 Å². The molecule has 102 valence electrons. The van der Waals surface area contributed by atoms with E-state index in [0.717, 1.165) is 39.0 Å². The van der Waals surface area contributed by atoms with Gasteiger partial charge in [-0.15, -0.1) is 0 Å². The topological polar surface area (TPSA) is 81.6 Å². The number of ether oxygens (including phenoxy) is 1. The number of nitrogens with zero attached hydrogens (tertiary/aromatic N) is 1. The van der Waals surface area contributed by atoms with Crippen molar-refractivity contribution >= 4 is 5.91 Å². The lowest BCUT2D eigenvalue weighted by Crippen LogP contribution is -2.49. The third-order valence-electron chi connectivity index (χ3n) is 2.94. The predicted octanol–water partition coefficient (Wildman–Crippen LogP) is 0.328. The summed E-state index contributed by atoms with van der Waals surface area (Å²) in [6.45, 7) is 4.53. The van der Waals surface area contributed by atoms with E-state index in [9.17, 15) is 4.79 Å². The molecule has 1 atom stereocenters. The Balaban J connectivity index is 3.54. The average Bonchev–Trinajstić information content (AvgIpc) is 2.24. The number of unbranched alkanes of at least 4 members (excludes halogenated alkanes) is 1. The molecule has 0 aromatic carbocycles. The zero-order chi connectivity index (χ0) is 13.3. The van der Waals surface area contributed by atoms with Crippen LogP contribution in [0.1, 0.15) is 32.6 Å². The molecule has 5 heteroatoms. The van der Waals surface area contributed by atoms with Crippen LogP contribution < -0.4 is 11.5 Å². The van der Waals surface area contributed by atoms with Gasteiger partial charge in [0, 0.05) is 20.3 Å². The highest BCUT2D eigenvalue weighted by atomic mass is 16.5. The zero-order valence-corrected chi connectivity index (χ0v) is 11.4. The van der Waals surface area contributed by atoms with E-state index < -0.39 is 11.4 Å².